The number of allylic oxidation sites excluding steroid dienone is 1. The molecular formula is C28H31F3O2. The standard InChI is InChI=1S/C28H31F3O2/c1-2-3-4-5-18-6-8-19(9-7-18)20-10-12-21(13-11-20)28(32)33-23-14-15-24-22(16-23)17-25(29)27(31)26(24)30/h10-13,16-19H,2-9,14-15H2,1H3. The van der Waals surface area contributed by atoms with Gasteiger partial charge < -0.3 is 4.74 Å². The third kappa shape index (κ3) is 5.51. The van der Waals surface area contributed by atoms with Crippen molar-refractivity contribution in [1.29, 1.82) is 0 Å². The topological polar surface area (TPSA) is 26.3 Å². The van der Waals surface area contributed by atoms with Gasteiger partial charge in [-0.25, -0.2) is 18.0 Å². The number of esters is 1. The third-order valence-corrected chi connectivity index (χ3v) is 7.14. The predicted octanol–water partition coefficient (Wildman–Crippen LogP) is 8.10. The second-order valence-corrected chi connectivity index (χ2v) is 9.39. The molecular weight excluding hydrogens is 425 g/mol. The Kier molecular flexibility index (Phi) is 7.56. The van der Waals surface area contributed by atoms with E-state index in [9.17, 15) is 18.0 Å². The molecule has 0 bridgehead atoms. The smallest absolute Gasteiger partial charge is 0.343 e. The lowest BCUT2D eigenvalue weighted by Gasteiger charge is -2.29. The van der Waals surface area contributed by atoms with E-state index in [0.717, 1.165) is 12.0 Å². The number of hydrogen-bond acceptors (Lipinski definition) is 2. The molecule has 0 amide bonds. The first kappa shape index (κ1) is 23.6. The van der Waals surface area contributed by atoms with Crippen molar-refractivity contribution in [3.8, 4) is 0 Å². The molecule has 33 heavy (non-hydrogen) atoms. The highest BCUT2D eigenvalue weighted by molar-refractivity contribution is 5.90. The lowest BCUT2D eigenvalue weighted by molar-refractivity contribution is 0.0617. The van der Waals surface area contributed by atoms with Crippen LogP contribution >= 0.6 is 0 Å². The van der Waals surface area contributed by atoms with Crippen molar-refractivity contribution in [3.63, 3.8) is 0 Å². The lowest BCUT2D eigenvalue weighted by atomic mass is 9.77. The molecule has 1 saturated carbocycles. The summed E-state index contributed by atoms with van der Waals surface area (Å²) in [5, 5.41) is 0. The van der Waals surface area contributed by atoms with Gasteiger partial charge in [-0.1, -0.05) is 44.7 Å². The molecule has 4 rings (SSSR count). The first-order chi connectivity index (χ1) is 16.0. The van der Waals surface area contributed by atoms with Crippen LogP contribution in [0.5, 0.6) is 0 Å². The molecule has 2 aromatic rings. The van der Waals surface area contributed by atoms with Gasteiger partial charge in [-0.3, -0.25) is 0 Å². The maximum absolute atomic E-state index is 13.9. The molecule has 2 nitrogen and oxygen atoms in total. The molecule has 0 aliphatic heterocycles. The fourth-order valence-corrected chi connectivity index (χ4v) is 5.15. The number of fused-ring (bicyclic) bond motifs is 1. The Labute approximate surface area is 193 Å². The number of carbonyl (C=O) groups excluding carboxylic acids is 1. The molecule has 1 fully saturated rings. The Morgan fingerprint density at radius 2 is 1.70 bits per heavy atom. The minimum Gasteiger partial charge on any atom is -0.427 e. The van der Waals surface area contributed by atoms with Crippen molar-refractivity contribution in [2.75, 3.05) is 0 Å². The average molecular weight is 457 g/mol. The van der Waals surface area contributed by atoms with Crippen LogP contribution in [0.4, 0.5) is 13.2 Å². The van der Waals surface area contributed by atoms with Crippen LogP contribution in [0, 0.1) is 23.4 Å². The maximum Gasteiger partial charge on any atom is 0.343 e. The molecule has 176 valence electrons. The molecule has 5 heteroatoms. The van der Waals surface area contributed by atoms with E-state index in [0.29, 0.717) is 17.2 Å². The predicted molar refractivity (Wildman–Crippen MR) is 123 cm³/mol. The van der Waals surface area contributed by atoms with Crippen molar-refractivity contribution in [1.82, 2.24) is 0 Å². The quantitative estimate of drug-likeness (QED) is 0.239. The lowest BCUT2D eigenvalue weighted by Crippen LogP contribution is -2.14. The minimum atomic E-state index is -1.47. The van der Waals surface area contributed by atoms with Gasteiger partial charge in [0.15, 0.2) is 17.5 Å². The second-order valence-electron chi connectivity index (χ2n) is 9.39. The van der Waals surface area contributed by atoms with Crippen LogP contribution < -0.4 is 0 Å². The molecule has 0 unspecified atom stereocenters. The number of carbonyl (C=O) groups is 1. The fourth-order valence-electron chi connectivity index (χ4n) is 5.15. The van der Waals surface area contributed by atoms with Gasteiger partial charge in [0.2, 0.25) is 0 Å². The third-order valence-electron chi connectivity index (χ3n) is 7.14. The first-order valence-electron chi connectivity index (χ1n) is 12.1. The van der Waals surface area contributed by atoms with Crippen molar-refractivity contribution in [2.45, 2.75) is 77.0 Å². The van der Waals surface area contributed by atoms with E-state index < -0.39 is 23.4 Å². The summed E-state index contributed by atoms with van der Waals surface area (Å²) >= 11 is 0. The van der Waals surface area contributed by atoms with E-state index in [1.807, 2.05) is 12.1 Å². The highest BCUT2D eigenvalue weighted by Crippen LogP contribution is 2.38. The van der Waals surface area contributed by atoms with Crippen LogP contribution in [-0.4, -0.2) is 5.97 Å². The zero-order valence-electron chi connectivity index (χ0n) is 19.1. The monoisotopic (exact) mass is 456 g/mol. The summed E-state index contributed by atoms with van der Waals surface area (Å²) in [4.78, 5) is 12.6. The van der Waals surface area contributed by atoms with Gasteiger partial charge in [-0.2, -0.15) is 0 Å². The van der Waals surface area contributed by atoms with E-state index in [4.69, 9.17) is 4.74 Å². The summed E-state index contributed by atoms with van der Waals surface area (Å²) in [6.07, 6.45) is 12.0. The average Bonchev–Trinajstić information content (AvgIpc) is 2.83. The highest BCUT2D eigenvalue weighted by Gasteiger charge is 2.24. The number of rotatable bonds is 7. The summed E-state index contributed by atoms with van der Waals surface area (Å²) < 4.78 is 46.4. The number of benzene rings is 2. The summed E-state index contributed by atoms with van der Waals surface area (Å²) in [6.45, 7) is 2.24. The van der Waals surface area contributed by atoms with Gasteiger partial charge in [-0.05, 0) is 84.9 Å². The summed E-state index contributed by atoms with van der Waals surface area (Å²) in [7, 11) is 0. The second kappa shape index (κ2) is 10.6. The van der Waals surface area contributed by atoms with Gasteiger partial charge in [-0.15, -0.1) is 0 Å². The fraction of sp³-hybridized carbons (Fsp3) is 0.464. The largest absolute Gasteiger partial charge is 0.427 e. The summed E-state index contributed by atoms with van der Waals surface area (Å²) in [5.41, 5.74) is 2.02. The SMILES string of the molecule is CCCCCC1CCC(c2ccc(C(=O)OC3=Cc4cc(F)c(F)c(F)c4CC3)cc2)CC1. The Hall–Kier alpha value is -2.56. The number of ether oxygens (including phenoxy) is 1. The van der Waals surface area contributed by atoms with Crippen LogP contribution in [0.25, 0.3) is 6.08 Å². The van der Waals surface area contributed by atoms with Crippen molar-refractivity contribution >= 4 is 12.0 Å². The van der Waals surface area contributed by atoms with Crippen molar-refractivity contribution in [2.24, 2.45) is 5.92 Å². The van der Waals surface area contributed by atoms with Crippen LogP contribution in [-0.2, 0) is 11.2 Å². The first-order valence-corrected chi connectivity index (χ1v) is 12.1. The Morgan fingerprint density at radius 1 is 0.970 bits per heavy atom. The zero-order chi connectivity index (χ0) is 23.4. The van der Waals surface area contributed by atoms with Crippen LogP contribution in [0.1, 0.15) is 97.7 Å². The van der Waals surface area contributed by atoms with E-state index in [1.165, 1.54) is 63.0 Å². The van der Waals surface area contributed by atoms with Crippen LogP contribution in [0.3, 0.4) is 0 Å². The molecule has 0 spiro atoms. The maximum atomic E-state index is 13.9. The van der Waals surface area contributed by atoms with Gasteiger partial charge in [0.25, 0.3) is 0 Å². The van der Waals surface area contributed by atoms with Crippen LogP contribution in [0.2, 0.25) is 0 Å². The minimum absolute atomic E-state index is 0.109. The van der Waals surface area contributed by atoms with E-state index >= 15 is 0 Å². The summed E-state index contributed by atoms with van der Waals surface area (Å²) in [6, 6.07) is 8.54. The molecule has 2 aromatic carbocycles. The van der Waals surface area contributed by atoms with Crippen LogP contribution in [0.15, 0.2) is 36.1 Å². The molecule has 0 atom stereocenters. The molecule has 0 radical (unpaired) electrons. The van der Waals surface area contributed by atoms with E-state index in [1.54, 1.807) is 12.1 Å². The zero-order valence-corrected chi connectivity index (χ0v) is 19.1. The highest BCUT2D eigenvalue weighted by atomic mass is 19.2. The Balaban J connectivity index is 1.35. The Morgan fingerprint density at radius 3 is 2.39 bits per heavy atom. The van der Waals surface area contributed by atoms with Gasteiger partial charge in [0.1, 0.15) is 5.76 Å². The molecule has 2 aliphatic carbocycles. The molecule has 0 aromatic heterocycles. The number of hydrogen-bond donors (Lipinski definition) is 0. The van der Waals surface area contributed by atoms with Crippen molar-refractivity contribution in [3.05, 3.63) is 75.8 Å². The summed E-state index contributed by atoms with van der Waals surface area (Å²) in [5.74, 6) is -2.66. The van der Waals surface area contributed by atoms with Gasteiger partial charge in [0, 0.05) is 6.42 Å². The van der Waals surface area contributed by atoms with Gasteiger partial charge in [0.05, 0.1) is 5.56 Å². The van der Waals surface area contributed by atoms with E-state index in [-0.39, 0.29) is 24.0 Å². The molecule has 0 N–H and O–H groups in total. The molecule has 2 aliphatic rings. The Bertz CT molecular complexity index is 1020. The van der Waals surface area contributed by atoms with E-state index in [2.05, 4.69) is 6.92 Å². The van der Waals surface area contributed by atoms with Crippen molar-refractivity contribution < 1.29 is 22.7 Å². The molecule has 0 saturated heterocycles. The number of halogens is 3. The molecule has 0 heterocycles. The normalized spacial score (nSPS) is 20.2. The van der Waals surface area contributed by atoms with Gasteiger partial charge >= 0.3 is 5.97 Å². The number of unbranched alkanes of at least 4 members (excludes halogenated alkanes) is 2.